The molecule has 4 heavy (non-hydrogen) atoms. The van der Waals surface area contributed by atoms with Crippen molar-refractivity contribution in [2.24, 2.45) is 0 Å². The summed E-state index contributed by atoms with van der Waals surface area (Å²) >= 11 is 0. The first-order valence-corrected chi connectivity index (χ1v) is 0.494. The molecule has 1 N–H and O–H groups in total. The van der Waals surface area contributed by atoms with Crippen LogP contribution in [0.3, 0.4) is 0 Å². The minimum Gasteiger partial charge on any atom is -0.483 e. The van der Waals surface area contributed by atoms with Gasteiger partial charge in [0.15, 0.2) is 0 Å². The molecule has 0 saturated heterocycles. The summed E-state index contributed by atoms with van der Waals surface area (Å²) in [6, 6.07) is 0. The van der Waals surface area contributed by atoms with Crippen molar-refractivity contribution >= 4 is 6.47 Å². The Morgan fingerprint density at radius 3 is 1.75 bits per heavy atom. The molecule has 2 nitrogen and oxygen atoms in total. The van der Waals surface area contributed by atoms with Gasteiger partial charge in [-0.2, -0.15) is 0 Å². The van der Waals surface area contributed by atoms with E-state index in [0.717, 1.165) is 0 Å². The van der Waals surface area contributed by atoms with Crippen LogP contribution in [0.5, 0.6) is 0 Å². The summed E-state index contributed by atoms with van der Waals surface area (Å²) in [6.07, 6.45) is 0. The van der Waals surface area contributed by atoms with Gasteiger partial charge in [-0.05, 0) is 0 Å². The molecule has 0 aromatic rings. The molecule has 0 bridgehead atoms. The van der Waals surface area contributed by atoms with E-state index in [1.807, 2.05) is 0 Å². The summed E-state index contributed by atoms with van der Waals surface area (Å²) in [7, 11) is 0. The van der Waals surface area contributed by atoms with Gasteiger partial charge in [0.25, 0.3) is 6.47 Å². The molecule has 0 aromatic carbocycles. The first-order valence-electron chi connectivity index (χ1n) is 0.494. The smallest absolute Gasteiger partial charge is 0.290 e. The number of hydrogen-bond acceptors (Lipinski definition) is 1. The predicted molar refractivity (Wildman–Crippen MR) is 8.69 cm³/mol. The second-order valence-electron chi connectivity index (χ2n) is 0.105. The Kier molecular flexibility index (Phi) is 20.6. The maximum atomic E-state index is 8.36. The van der Waals surface area contributed by atoms with Gasteiger partial charge >= 0.3 is 0 Å². The summed E-state index contributed by atoms with van der Waals surface area (Å²) in [5.41, 5.74) is 0. The molecule has 0 fully saturated rings. The molecule has 0 spiro atoms. The zero-order chi connectivity index (χ0) is 2.71. The number of hydrogen-bond donors (Lipinski definition) is 1. The van der Waals surface area contributed by atoms with Crippen LogP contribution in [0.1, 0.15) is 0 Å². The second kappa shape index (κ2) is 9.33. The molecule has 0 rings (SSSR count). The summed E-state index contributed by atoms with van der Waals surface area (Å²) < 4.78 is 0. The molecule has 0 aliphatic heterocycles. The van der Waals surface area contributed by atoms with Crippen LogP contribution in [0.25, 0.3) is 0 Å². The van der Waals surface area contributed by atoms with Crippen LogP contribution < -0.4 is 0 Å². The van der Waals surface area contributed by atoms with Crippen molar-refractivity contribution in [3.63, 3.8) is 0 Å². The zero-order valence-corrected chi connectivity index (χ0v) is 3.49. The average Bonchev–Trinajstić information content (AvgIpc) is 0.918. The van der Waals surface area contributed by atoms with E-state index in [4.69, 9.17) is 9.90 Å². The SMILES string of the molecule is O=CO.[Tm]. The summed E-state index contributed by atoms with van der Waals surface area (Å²) in [5.74, 6) is 0. The Morgan fingerprint density at radius 2 is 1.75 bits per heavy atom. The third-order valence-corrected chi connectivity index (χ3v) is 0. The Bertz CT molecular complexity index is 13.5. The largest absolute Gasteiger partial charge is 0.483 e. The third kappa shape index (κ3) is 15.8. The van der Waals surface area contributed by atoms with Crippen LogP contribution in [0.15, 0.2) is 0 Å². The molecule has 0 aromatic heterocycles. The monoisotopic (exact) mass is 215 g/mol. The first kappa shape index (κ1) is 8.83. The van der Waals surface area contributed by atoms with Gasteiger partial charge in [0, 0.05) is 36.9 Å². The van der Waals surface area contributed by atoms with Gasteiger partial charge in [-0.25, -0.2) is 0 Å². The van der Waals surface area contributed by atoms with Crippen molar-refractivity contribution in [1.82, 2.24) is 0 Å². The van der Waals surface area contributed by atoms with E-state index in [2.05, 4.69) is 0 Å². The molecule has 0 atom stereocenters. The van der Waals surface area contributed by atoms with Crippen LogP contribution in [-0.4, -0.2) is 11.6 Å². The summed E-state index contributed by atoms with van der Waals surface area (Å²) in [5, 5.41) is 6.89. The fourth-order valence-corrected chi connectivity index (χ4v) is 0. The average molecular weight is 215 g/mol. The van der Waals surface area contributed by atoms with E-state index in [9.17, 15) is 0 Å². The van der Waals surface area contributed by atoms with E-state index in [-0.39, 0.29) is 43.3 Å². The van der Waals surface area contributed by atoms with Crippen molar-refractivity contribution in [1.29, 1.82) is 0 Å². The second-order valence-corrected chi connectivity index (χ2v) is 0.105. The Hall–Kier alpha value is 0.704. The predicted octanol–water partition coefficient (Wildman–Crippen LogP) is -0.299. The van der Waals surface area contributed by atoms with Gasteiger partial charge in [-0.3, -0.25) is 4.79 Å². The van der Waals surface area contributed by atoms with Crippen molar-refractivity contribution < 1.29 is 46.8 Å². The first-order chi connectivity index (χ1) is 1.41. The minimum absolute atomic E-state index is 0. The molecular weight excluding hydrogens is 213 g/mol. The van der Waals surface area contributed by atoms with Gasteiger partial charge in [-0.15, -0.1) is 0 Å². The van der Waals surface area contributed by atoms with Crippen LogP contribution in [0.4, 0.5) is 0 Å². The normalized spacial score (nSPS) is 3.00. The number of carboxylic acid groups (broad SMARTS) is 1. The molecule has 0 amide bonds. The van der Waals surface area contributed by atoms with Gasteiger partial charge in [-0.1, -0.05) is 0 Å². The van der Waals surface area contributed by atoms with Crippen molar-refractivity contribution in [2.75, 3.05) is 0 Å². The standard InChI is InChI=1S/CH2O2.Tm/c2-1-3;/h1H,(H,2,3);. The van der Waals surface area contributed by atoms with Gasteiger partial charge in [0.05, 0.1) is 0 Å². The van der Waals surface area contributed by atoms with E-state index >= 15 is 0 Å². The van der Waals surface area contributed by atoms with Crippen molar-refractivity contribution in [3.05, 3.63) is 0 Å². The quantitative estimate of drug-likeness (QED) is 0.563. The van der Waals surface area contributed by atoms with Crippen LogP contribution in [0, 0.1) is 36.9 Å². The van der Waals surface area contributed by atoms with Crippen molar-refractivity contribution in [3.8, 4) is 0 Å². The van der Waals surface area contributed by atoms with Crippen molar-refractivity contribution in [2.45, 2.75) is 0 Å². The Balaban J connectivity index is 0. The molecule has 0 aliphatic carbocycles. The fraction of sp³-hybridized carbons (Fsp3) is 0. The molecule has 3 heteroatoms. The molecular formula is CH2O2Tm. The third-order valence-electron chi connectivity index (χ3n) is 0. The van der Waals surface area contributed by atoms with E-state index in [0.29, 0.717) is 0 Å². The molecule has 1 radical (unpaired) electrons. The molecule has 31 valence electrons. The topological polar surface area (TPSA) is 37.3 Å². The van der Waals surface area contributed by atoms with E-state index in [1.54, 1.807) is 0 Å². The van der Waals surface area contributed by atoms with Gasteiger partial charge in [0.2, 0.25) is 0 Å². The summed E-state index contributed by atoms with van der Waals surface area (Å²) in [4.78, 5) is 8.36. The van der Waals surface area contributed by atoms with Crippen LogP contribution in [-0.2, 0) is 4.79 Å². The zero-order valence-electron chi connectivity index (χ0n) is 1.71. The van der Waals surface area contributed by atoms with Crippen LogP contribution >= 0.6 is 0 Å². The molecule has 0 unspecified atom stereocenters. The number of carbonyl (C=O) groups is 1. The number of rotatable bonds is 0. The Labute approximate surface area is 53.0 Å². The summed E-state index contributed by atoms with van der Waals surface area (Å²) in [6.45, 7) is -0.250. The molecule has 0 saturated carbocycles. The van der Waals surface area contributed by atoms with Gasteiger partial charge < -0.3 is 5.11 Å². The van der Waals surface area contributed by atoms with Crippen LogP contribution in [0.2, 0.25) is 0 Å². The maximum Gasteiger partial charge on any atom is 0.290 e. The van der Waals surface area contributed by atoms with E-state index in [1.165, 1.54) is 0 Å². The molecule has 0 aliphatic rings. The maximum absolute atomic E-state index is 8.36. The molecule has 0 heterocycles. The van der Waals surface area contributed by atoms with E-state index < -0.39 is 0 Å². The van der Waals surface area contributed by atoms with Gasteiger partial charge in [0.1, 0.15) is 0 Å². The fourth-order valence-electron chi connectivity index (χ4n) is 0. The minimum atomic E-state index is -0.250. The Morgan fingerprint density at radius 1 is 1.75 bits per heavy atom.